The van der Waals surface area contributed by atoms with Gasteiger partial charge in [0.1, 0.15) is 0 Å². The van der Waals surface area contributed by atoms with Crippen molar-refractivity contribution in [3.8, 4) is 11.3 Å². The van der Waals surface area contributed by atoms with Crippen molar-refractivity contribution in [1.82, 2.24) is 4.98 Å². The second-order valence-corrected chi connectivity index (χ2v) is 5.17. The molecule has 0 spiro atoms. The molecule has 0 fully saturated rings. The summed E-state index contributed by atoms with van der Waals surface area (Å²) in [5, 5.41) is 1.28. The van der Waals surface area contributed by atoms with Crippen molar-refractivity contribution in [3.63, 3.8) is 0 Å². The maximum Gasteiger partial charge on any atom is 0.0488 e. The second-order valence-electron chi connectivity index (χ2n) is 5.17. The van der Waals surface area contributed by atoms with Crippen LogP contribution >= 0.6 is 0 Å². The zero-order chi connectivity index (χ0) is 13.2. The lowest BCUT2D eigenvalue weighted by atomic mass is 10.1. The number of hydrogen-bond acceptors (Lipinski definition) is 0. The fourth-order valence-corrected chi connectivity index (χ4v) is 2.60. The summed E-state index contributed by atoms with van der Waals surface area (Å²) in [7, 11) is 0. The van der Waals surface area contributed by atoms with Crippen molar-refractivity contribution < 1.29 is 0 Å². The number of nitrogens with one attached hydrogen (secondary N) is 1. The molecule has 3 aromatic rings. The molecule has 0 radical (unpaired) electrons. The number of fused-ring (bicyclic) bond motifs is 1. The summed E-state index contributed by atoms with van der Waals surface area (Å²) in [6.45, 7) is 4.36. The highest BCUT2D eigenvalue weighted by molar-refractivity contribution is 5.88. The Morgan fingerprint density at radius 1 is 1.00 bits per heavy atom. The van der Waals surface area contributed by atoms with Crippen LogP contribution < -0.4 is 0 Å². The molecule has 0 aliphatic carbocycles. The molecule has 0 saturated heterocycles. The summed E-state index contributed by atoms with van der Waals surface area (Å²) in [5.74, 6) is 0. The monoisotopic (exact) mass is 249 g/mol. The lowest BCUT2D eigenvalue weighted by Gasteiger charge is -2.01. The van der Waals surface area contributed by atoms with Gasteiger partial charge in [0.2, 0.25) is 0 Å². The van der Waals surface area contributed by atoms with Gasteiger partial charge in [0.25, 0.3) is 0 Å². The fraction of sp³-hybridized carbons (Fsp3) is 0.222. The molecular formula is C18H19N. The third kappa shape index (κ3) is 2.28. The molecule has 1 nitrogen and oxygen atoms in total. The van der Waals surface area contributed by atoms with E-state index in [1.54, 1.807) is 0 Å². The minimum absolute atomic E-state index is 1.16. The Hall–Kier alpha value is -2.02. The van der Waals surface area contributed by atoms with E-state index >= 15 is 0 Å². The van der Waals surface area contributed by atoms with Gasteiger partial charge < -0.3 is 4.98 Å². The Morgan fingerprint density at radius 2 is 1.79 bits per heavy atom. The van der Waals surface area contributed by atoms with Crippen LogP contribution in [-0.2, 0) is 6.42 Å². The SMILES string of the molecule is CCCc1ccc(-c2cc3cccc(C)c3[nH]2)cc1. The van der Waals surface area contributed by atoms with Crippen molar-refractivity contribution in [2.75, 3.05) is 0 Å². The Bertz CT molecular complexity index is 689. The van der Waals surface area contributed by atoms with Gasteiger partial charge in [-0.2, -0.15) is 0 Å². The summed E-state index contributed by atoms with van der Waals surface area (Å²) < 4.78 is 0. The quantitative estimate of drug-likeness (QED) is 0.665. The van der Waals surface area contributed by atoms with Crippen LogP contribution in [0.25, 0.3) is 22.2 Å². The van der Waals surface area contributed by atoms with E-state index in [1.807, 2.05) is 0 Å². The van der Waals surface area contributed by atoms with E-state index in [0.29, 0.717) is 0 Å². The van der Waals surface area contributed by atoms with Crippen LogP contribution in [0.3, 0.4) is 0 Å². The molecule has 0 bridgehead atoms. The van der Waals surface area contributed by atoms with Crippen LogP contribution in [0, 0.1) is 6.92 Å². The first-order chi connectivity index (χ1) is 9.28. The predicted octanol–water partition coefficient (Wildman–Crippen LogP) is 5.10. The van der Waals surface area contributed by atoms with Crippen molar-refractivity contribution in [2.24, 2.45) is 0 Å². The number of aromatic nitrogens is 1. The molecular weight excluding hydrogens is 230 g/mol. The maximum atomic E-state index is 3.53. The molecule has 0 aliphatic heterocycles. The Labute approximate surface area is 114 Å². The topological polar surface area (TPSA) is 15.8 Å². The van der Waals surface area contributed by atoms with Crippen LogP contribution in [0.1, 0.15) is 24.5 Å². The number of benzene rings is 2. The third-order valence-electron chi connectivity index (χ3n) is 3.67. The predicted molar refractivity (Wildman–Crippen MR) is 82.5 cm³/mol. The first kappa shape index (κ1) is 12.0. The van der Waals surface area contributed by atoms with Crippen molar-refractivity contribution in [2.45, 2.75) is 26.7 Å². The van der Waals surface area contributed by atoms with Crippen LogP contribution in [0.15, 0.2) is 48.5 Å². The molecule has 1 heteroatoms. The van der Waals surface area contributed by atoms with E-state index in [0.717, 1.165) is 6.42 Å². The molecule has 3 rings (SSSR count). The normalized spacial score (nSPS) is 11.1. The van der Waals surface area contributed by atoms with Gasteiger partial charge in [-0.15, -0.1) is 0 Å². The van der Waals surface area contributed by atoms with Crippen molar-refractivity contribution >= 4 is 10.9 Å². The number of para-hydroxylation sites is 1. The Kier molecular flexibility index (Phi) is 3.12. The molecule has 0 unspecified atom stereocenters. The van der Waals surface area contributed by atoms with Gasteiger partial charge in [-0.25, -0.2) is 0 Å². The molecule has 0 saturated carbocycles. The summed E-state index contributed by atoms with van der Waals surface area (Å²) in [6.07, 6.45) is 2.36. The van der Waals surface area contributed by atoms with E-state index in [2.05, 4.69) is 67.4 Å². The second kappa shape index (κ2) is 4.93. The molecule has 2 aromatic carbocycles. The van der Waals surface area contributed by atoms with Gasteiger partial charge in [-0.05, 0) is 36.1 Å². The van der Waals surface area contributed by atoms with Gasteiger partial charge in [0.15, 0.2) is 0 Å². The lowest BCUT2D eigenvalue weighted by molar-refractivity contribution is 0.922. The molecule has 0 amide bonds. The van der Waals surface area contributed by atoms with Crippen LogP contribution in [0.5, 0.6) is 0 Å². The number of aromatic amines is 1. The van der Waals surface area contributed by atoms with Gasteiger partial charge in [0, 0.05) is 16.6 Å². The standard InChI is InChI=1S/C18H19N/c1-3-5-14-8-10-15(11-9-14)17-12-16-7-4-6-13(2)18(16)19-17/h4,6-12,19H,3,5H2,1-2H3. The minimum Gasteiger partial charge on any atom is -0.354 e. The van der Waals surface area contributed by atoms with Gasteiger partial charge in [-0.3, -0.25) is 0 Å². The molecule has 1 heterocycles. The lowest BCUT2D eigenvalue weighted by Crippen LogP contribution is -1.83. The largest absolute Gasteiger partial charge is 0.354 e. The van der Waals surface area contributed by atoms with Crippen LogP contribution in [-0.4, -0.2) is 4.98 Å². The summed E-state index contributed by atoms with van der Waals surface area (Å²) in [4.78, 5) is 3.53. The highest BCUT2D eigenvalue weighted by atomic mass is 14.7. The number of H-pyrrole nitrogens is 1. The third-order valence-corrected chi connectivity index (χ3v) is 3.67. The maximum absolute atomic E-state index is 3.53. The highest BCUT2D eigenvalue weighted by Gasteiger charge is 2.04. The zero-order valence-electron chi connectivity index (χ0n) is 11.5. The summed E-state index contributed by atoms with van der Waals surface area (Å²) >= 11 is 0. The first-order valence-corrected chi connectivity index (χ1v) is 6.95. The molecule has 96 valence electrons. The van der Waals surface area contributed by atoms with E-state index < -0.39 is 0 Å². The van der Waals surface area contributed by atoms with E-state index in [1.165, 1.54) is 39.7 Å². The smallest absolute Gasteiger partial charge is 0.0488 e. The number of rotatable bonds is 3. The molecule has 1 aromatic heterocycles. The average Bonchev–Trinajstić information content (AvgIpc) is 2.85. The van der Waals surface area contributed by atoms with E-state index in [4.69, 9.17) is 0 Å². The number of hydrogen-bond donors (Lipinski definition) is 1. The van der Waals surface area contributed by atoms with Crippen LogP contribution in [0.2, 0.25) is 0 Å². The van der Waals surface area contributed by atoms with Gasteiger partial charge in [0.05, 0.1) is 0 Å². The van der Waals surface area contributed by atoms with E-state index in [-0.39, 0.29) is 0 Å². The fourth-order valence-electron chi connectivity index (χ4n) is 2.60. The first-order valence-electron chi connectivity index (χ1n) is 6.95. The van der Waals surface area contributed by atoms with Crippen LogP contribution in [0.4, 0.5) is 0 Å². The molecule has 19 heavy (non-hydrogen) atoms. The minimum atomic E-state index is 1.16. The van der Waals surface area contributed by atoms with E-state index in [9.17, 15) is 0 Å². The number of aryl methyl sites for hydroxylation is 2. The van der Waals surface area contributed by atoms with Gasteiger partial charge in [-0.1, -0.05) is 55.8 Å². The zero-order valence-corrected chi connectivity index (χ0v) is 11.5. The van der Waals surface area contributed by atoms with Crippen molar-refractivity contribution in [1.29, 1.82) is 0 Å². The van der Waals surface area contributed by atoms with Gasteiger partial charge >= 0.3 is 0 Å². The van der Waals surface area contributed by atoms with Crippen molar-refractivity contribution in [3.05, 3.63) is 59.7 Å². The summed E-state index contributed by atoms with van der Waals surface area (Å²) in [6, 6.07) is 17.5. The molecule has 0 aliphatic rings. The molecule has 1 N–H and O–H groups in total. The average molecular weight is 249 g/mol. The Morgan fingerprint density at radius 3 is 2.47 bits per heavy atom. The Balaban J connectivity index is 2.01. The molecule has 0 atom stereocenters. The highest BCUT2D eigenvalue weighted by Crippen LogP contribution is 2.26. The summed E-state index contributed by atoms with van der Waals surface area (Å²) in [5.41, 5.74) is 6.42.